The number of benzene rings is 2. The molecule has 38 heavy (non-hydrogen) atoms. The van der Waals surface area contributed by atoms with Gasteiger partial charge in [-0.05, 0) is 42.8 Å². The first-order chi connectivity index (χ1) is 18.4. The lowest BCUT2D eigenvalue weighted by atomic mass is 10.1. The minimum absolute atomic E-state index is 0.0309. The summed E-state index contributed by atoms with van der Waals surface area (Å²) in [5.41, 5.74) is 5.74. The summed E-state index contributed by atoms with van der Waals surface area (Å²) in [7, 11) is 2.15. The second-order valence-electron chi connectivity index (χ2n) is 9.99. The van der Waals surface area contributed by atoms with E-state index in [4.69, 9.17) is 0 Å². The molecule has 2 aromatic carbocycles. The molecule has 2 saturated heterocycles. The van der Waals surface area contributed by atoms with Gasteiger partial charge in [0.25, 0.3) is 11.8 Å². The van der Waals surface area contributed by atoms with Gasteiger partial charge in [0.1, 0.15) is 5.75 Å². The zero-order valence-corrected chi connectivity index (χ0v) is 22.2. The molecule has 0 bridgehead atoms. The molecule has 9 nitrogen and oxygen atoms in total. The van der Waals surface area contributed by atoms with E-state index in [1.807, 2.05) is 34.1 Å². The average molecular weight is 519 g/mol. The predicted octanol–water partition coefficient (Wildman–Crippen LogP) is 1.78. The lowest BCUT2D eigenvalue weighted by Gasteiger charge is -2.34. The number of carbonyl (C=O) groups excluding carboxylic acids is 2. The molecule has 4 rings (SSSR count). The van der Waals surface area contributed by atoms with Crippen LogP contribution in [0.15, 0.2) is 60.2 Å². The van der Waals surface area contributed by atoms with Crippen molar-refractivity contribution in [3.8, 4) is 5.75 Å². The van der Waals surface area contributed by atoms with Crippen molar-refractivity contribution in [2.75, 3.05) is 66.0 Å². The van der Waals surface area contributed by atoms with Crippen LogP contribution in [0, 0.1) is 0 Å². The fourth-order valence-electron chi connectivity index (χ4n) is 4.76. The smallest absolute Gasteiger partial charge is 0.254 e. The number of hydrazone groups is 1. The van der Waals surface area contributed by atoms with E-state index in [1.54, 1.807) is 12.1 Å². The van der Waals surface area contributed by atoms with Crippen LogP contribution in [-0.4, -0.2) is 109 Å². The second-order valence-corrected chi connectivity index (χ2v) is 9.99. The molecule has 0 spiro atoms. The summed E-state index contributed by atoms with van der Waals surface area (Å²) in [5, 5.41) is 14.3. The Labute approximate surface area is 225 Å². The number of para-hydroxylation sites is 1. The number of nitrogens with zero attached hydrogens (tertiary/aromatic N) is 5. The van der Waals surface area contributed by atoms with Crippen LogP contribution in [0.25, 0.3) is 0 Å². The monoisotopic (exact) mass is 518 g/mol. The molecule has 2 aliphatic rings. The molecule has 2 amide bonds. The minimum atomic E-state index is -0.237. The van der Waals surface area contributed by atoms with Gasteiger partial charge in [0.15, 0.2) is 0 Å². The molecule has 0 aromatic heterocycles. The summed E-state index contributed by atoms with van der Waals surface area (Å²) in [4.78, 5) is 34.0. The summed E-state index contributed by atoms with van der Waals surface area (Å²) in [6.07, 6.45) is 3.71. The summed E-state index contributed by atoms with van der Waals surface area (Å²) in [6.45, 7) is 11.5. The van der Waals surface area contributed by atoms with E-state index in [0.717, 1.165) is 38.3 Å². The zero-order valence-electron chi connectivity index (χ0n) is 22.2. The Morgan fingerprint density at radius 2 is 1.66 bits per heavy atom. The van der Waals surface area contributed by atoms with E-state index in [9.17, 15) is 14.7 Å². The van der Waals surface area contributed by atoms with E-state index < -0.39 is 0 Å². The predicted molar refractivity (Wildman–Crippen MR) is 149 cm³/mol. The van der Waals surface area contributed by atoms with Gasteiger partial charge in [-0.1, -0.05) is 30.3 Å². The number of phenolic OH excluding ortho intramolecular Hbond substituents is 1. The first kappa shape index (κ1) is 27.5. The Balaban J connectivity index is 1.19. The number of hydrogen-bond donors (Lipinski definition) is 2. The van der Waals surface area contributed by atoms with Crippen molar-refractivity contribution >= 4 is 18.0 Å². The Morgan fingerprint density at radius 1 is 0.974 bits per heavy atom. The first-order valence-electron chi connectivity index (χ1n) is 13.2. The van der Waals surface area contributed by atoms with Gasteiger partial charge >= 0.3 is 0 Å². The molecule has 0 unspecified atom stereocenters. The van der Waals surface area contributed by atoms with Crippen LogP contribution in [0.5, 0.6) is 5.75 Å². The number of amides is 2. The fraction of sp³-hybridized carbons (Fsp3) is 0.414. The number of hydrogen-bond acceptors (Lipinski definition) is 7. The van der Waals surface area contributed by atoms with E-state index in [0.29, 0.717) is 43.7 Å². The molecule has 2 aromatic rings. The normalized spacial score (nSPS) is 17.6. The number of likely N-dealkylation sites (N-methyl/N-ethyl adjacent to an activating group) is 1. The Bertz CT molecular complexity index is 1130. The summed E-state index contributed by atoms with van der Waals surface area (Å²) in [6, 6.07) is 13.3. The van der Waals surface area contributed by atoms with Gasteiger partial charge in [-0.15, -0.1) is 6.58 Å². The Kier molecular flexibility index (Phi) is 9.64. The van der Waals surface area contributed by atoms with Crippen molar-refractivity contribution in [2.45, 2.75) is 13.0 Å². The number of carbonyl (C=O) groups is 2. The number of phenols is 1. The maximum absolute atomic E-state index is 13.0. The summed E-state index contributed by atoms with van der Waals surface area (Å²) in [5.74, 6) is -0.0714. The van der Waals surface area contributed by atoms with E-state index >= 15 is 0 Å². The van der Waals surface area contributed by atoms with Crippen LogP contribution in [0.1, 0.15) is 27.0 Å². The van der Waals surface area contributed by atoms with Gasteiger partial charge in [0.05, 0.1) is 12.8 Å². The van der Waals surface area contributed by atoms with E-state index in [-0.39, 0.29) is 24.1 Å². The molecule has 0 aliphatic carbocycles. The van der Waals surface area contributed by atoms with Gasteiger partial charge in [-0.3, -0.25) is 19.4 Å². The highest BCUT2D eigenvalue weighted by atomic mass is 16.3. The van der Waals surface area contributed by atoms with Crippen LogP contribution < -0.4 is 5.43 Å². The first-order valence-corrected chi connectivity index (χ1v) is 13.2. The molecular formula is C29H38N6O3. The van der Waals surface area contributed by atoms with Gasteiger partial charge in [-0.25, -0.2) is 5.43 Å². The van der Waals surface area contributed by atoms with Crippen molar-refractivity contribution in [3.63, 3.8) is 0 Å². The number of aromatic hydroxyl groups is 1. The van der Waals surface area contributed by atoms with Gasteiger partial charge in [0, 0.05) is 70.0 Å². The van der Waals surface area contributed by atoms with Gasteiger partial charge in [-0.2, -0.15) is 5.10 Å². The van der Waals surface area contributed by atoms with E-state index in [1.165, 1.54) is 11.8 Å². The third-order valence-electron chi connectivity index (χ3n) is 7.14. The van der Waals surface area contributed by atoms with Crippen LogP contribution in [0.4, 0.5) is 0 Å². The third-order valence-corrected chi connectivity index (χ3v) is 7.14. The van der Waals surface area contributed by atoms with Crippen molar-refractivity contribution in [1.82, 2.24) is 25.0 Å². The Morgan fingerprint density at radius 3 is 2.34 bits per heavy atom. The molecular weight excluding hydrogens is 480 g/mol. The van der Waals surface area contributed by atoms with Gasteiger partial charge in [0.2, 0.25) is 0 Å². The molecule has 0 radical (unpaired) electrons. The maximum atomic E-state index is 13.0. The van der Waals surface area contributed by atoms with Crippen LogP contribution in [-0.2, 0) is 17.8 Å². The number of rotatable bonds is 9. The van der Waals surface area contributed by atoms with Crippen LogP contribution in [0.2, 0.25) is 0 Å². The highest BCUT2D eigenvalue weighted by Gasteiger charge is 2.23. The minimum Gasteiger partial charge on any atom is -0.507 e. The van der Waals surface area contributed by atoms with Crippen molar-refractivity contribution in [2.24, 2.45) is 5.10 Å². The summed E-state index contributed by atoms with van der Waals surface area (Å²) < 4.78 is 0. The van der Waals surface area contributed by atoms with Crippen LogP contribution >= 0.6 is 0 Å². The highest BCUT2D eigenvalue weighted by Crippen LogP contribution is 2.21. The quantitative estimate of drug-likeness (QED) is 0.299. The average Bonchev–Trinajstić information content (AvgIpc) is 2.92. The second kappa shape index (κ2) is 13.3. The lowest BCUT2D eigenvalue weighted by molar-refractivity contribution is -0.122. The van der Waals surface area contributed by atoms with Crippen molar-refractivity contribution in [3.05, 3.63) is 77.4 Å². The molecule has 0 saturated carbocycles. The number of piperazine rings is 2. The number of allylic oxidation sites excluding steroid dienone is 1. The molecule has 2 heterocycles. The fourth-order valence-corrected chi connectivity index (χ4v) is 4.76. The molecule has 2 fully saturated rings. The van der Waals surface area contributed by atoms with E-state index in [2.05, 4.69) is 46.1 Å². The van der Waals surface area contributed by atoms with Crippen molar-refractivity contribution < 1.29 is 14.7 Å². The Hall–Kier alpha value is -3.53. The molecule has 2 aliphatic heterocycles. The third kappa shape index (κ3) is 7.50. The maximum Gasteiger partial charge on any atom is 0.254 e. The zero-order chi connectivity index (χ0) is 26.9. The molecule has 202 valence electrons. The number of nitrogens with one attached hydrogen (secondary N) is 1. The largest absolute Gasteiger partial charge is 0.507 e. The van der Waals surface area contributed by atoms with Crippen molar-refractivity contribution in [1.29, 1.82) is 0 Å². The van der Waals surface area contributed by atoms with Crippen LogP contribution in [0.3, 0.4) is 0 Å². The SMILES string of the molecule is C=CCc1cccc(/C=N/NC(=O)CN2CCN(C(=O)c3ccc(CN4CCN(C)CC4)cc3)CC2)c1O. The van der Waals surface area contributed by atoms with Gasteiger partial charge < -0.3 is 14.9 Å². The molecule has 0 atom stereocenters. The molecule has 9 heteroatoms. The molecule has 2 N–H and O–H groups in total. The standard InChI is InChI=1S/C29H38N6O3/c1-3-5-24-6-4-7-26(28(24)37)20-30-31-27(36)22-34-16-18-35(19-17-34)29(38)25-10-8-23(9-11-25)21-33-14-12-32(2)13-15-33/h3-4,6-11,20,37H,1,5,12-19,21-22H2,2H3,(H,31,36)/b30-20+. The lowest BCUT2D eigenvalue weighted by Crippen LogP contribution is -2.50. The topological polar surface area (TPSA) is 91.7 Å². The summed E-state index contributed by atoms with van der Waals surface area (Å²) >= 11 is 0. The highest BCUT2D eigenvalue weighted by molar-refractivity contribution is 5.94.